The van der Waals surface area contributed by atoms with E-state index in [1.165, 1.54) is 11.3 Å². The minimum atomic E-state index is -0.485. The lowest BCUT2D eigenvalue weighted by atomic mass is 10.1. The van der Waals surface area contributed by atoms with Crippen LogP contribution in [0.3, 0.4) is 0 Å². The van der Waals surface area contributed by atoms with Gasteiger partial charge in [-0.25, -0.2) is 0 Å². The summed E-state index contributed by atoms with van der Waals surface area (Å²) in [5, 5.41) is 2.81. The average Bonchev–Trinajstić information content (AvgIpc) is 3.44. The van der Waals surface area contributed by atoms with E-state index in [4.69, 9.17) is 11.6 Å². The third-order valence-electron chi connectivity index (χ3n) is 5.96. The summed E-state index contributed by atoms with van der Waals surface area (Å²) in [6, 6.07) is 3.85. The molecule has 2 aromatic rings. The lowest BCUT2D eigenvalue weighted by molar-refractivity contribution is 0.0722. The van der Waals surface area contributed by atoms with Gasteiger partial charge < -0.3 is 14.8 Å². The Morgan fingerprint density at radius 1 is 1.03 bits per heavy atom. The summed E-state index contributed by atoms with van der Waals surface area (Å²) < 4.78 is 2.57. The Bertz CT molecular complexity index is 988. The van der Waals surface area contributed by atoms with Crippen LogP contribution in [0.4, 0.5) is 0 Å². The zero-order chi connectivity index (χ0) is 21.1. The highest BCUT2D eigenvalue weighted by atomic mass is 35.5. The van der Waals surface area contributed by atoms with E-state index in [9.17, 15) is 14.4 Å². The first-order valence-electron chi connectivity index (χ1n) is 10.6. The van der Waals surface area contributed by atoms with Gasteiger partial charge in [0.25, 0.3) is 11.8 Å². The molecule has 0 unspecified atom stereocenters. The highest BCUT2D eigenvalue weighted by molar-refractivity contribution is 7.16. The first-order chi connectivity index (χ1) is 14.5. The second-order valence-corrected chi connectivity index (χ2v) is 9.84. The van der Waals surface area contributed by atoms with Crippen molar-refractivity contribution in [3.05, 3.63) is 55.1 Å². The van der Waals surface area contributed by atoms with Crippen molar-refractivity contribution in [1.82, 2.24) is 14.8 Å². The van der Waals surface area contributed by atoms with Crippen LogP contribution in [0.1, 0.15) is 76.6 Å². The molecule has 160 valence electrons. The SMILES string of the molecule is O=C(NCc1ccc(Cl)s1)c1cn(C2CCCC2)cc(C(=O)N2CCCCC2)c1=O. The van der Waals surface area contributed by atoms with E-state index in [2.05, 4.69) is 5.32 Å². The predicted octanol–water partition coefficient (Wildman–Crippen LogP) is 4.23. The van der Waals surface area contributed by atoms with Gasteiger partial charge in [-0.1, -0.05) is 24.4 Å². The van der Waals surface area contributed by atoms with E-state index in [-0.39, 0.29) is 23.1 Å². The zero-order valence-electron chi connectivity index (χ0n) is 16.9. The minimum Gasteiger partial charge on any atom is -0.349 e. The maximum atomic E-state index is 13.1. The molecule has 0 bridgehead atoms. The van der Waals surface area contributed by atoms with Crippen LogP contribution in [0.5, 0.6) is 0 Å². The van der Waals surface area contributed by atoms with Gasteiger partial charge in [0.1, 0.15) is 11.1 Å². The fraction of sp³-hybridized carbons (Fsp3) is 0.500. The van der Waals surface area contributed by atoms with Crippen LogP contribution in [0.2, 0.25) is 4.34 Å². The molecule has 1 N–H and O–H groups in total. The number of likely N-dealkylation sites (tertiary alicyclic amines) is 1. The number of rotatable bonds is 5. The third-order valence-corrected chi connectivity index (χ3v) is 7.19. The van der Waals surface area contributed by atoms with Crippen LogP contribution in [-0.2, 0) is 6.54 Å². The summed E-state index contributed by atoms with van der Waals surface area (Å²) in [4.78, 5) is 41.8. The number of piperidine rings is 1. The van der Waals surface area contributed by atoms with Gasteiger partial charge in [-0.2, -0.15) is 0 Å². The smallest absolute Gasteiger partial charge is 0.259 e. The van der Waals surface area contributed by atoms with Crippen molar-refractivity contribution in [3.63, 3.8) is 0 Å². The molecule has 1 saturated heterocycles. The number of pyridine rings is 1. The van der Waals surface area contributed by atoms with E-state index in [1.54, 1.807) is 23.4 Å². The molecule has 6 nitrogen and oxygen atoms in total. The van der Waals surface area contributed by atoms with Crippen LogP contribution in [-0.4, -0.2) is 34.4 Å². The van der Waals surface area contributed by atoms with Crippen LogP contribution in [0.15, 0.2) is 29.3 Å². The molecule has 0 atom stereocenters. The Kier molecular flexibility index (Phi) is 6.58. The number of halogens is 1. The number of hydrogen-bond acceptors (Lipinski definition) is 4. The molecule has 0 radical (unpaired) electrons. The number of amides is 2. The normalized spacial score (nSPS) is 17.3. The molecule has 1 aliphatic heterocycles. The van der Waals surface area contributed by atoms with Gasteiger partial charge in [-0.15, -0.1) is 11.3 Å². The van der Waals surface area contributed by atoms with Gasteiger partial charge in [0.2, 0.25) is 5.43 Å². The minimum absolute atomic E-state index is 0.0346. The molecule has 1 aliphatic carbocycles. The van der Waals surface area contributed by atoms with Gasteiger partial charge in [-0.05, 0) is 44.2 Å². The number of carbonyl (C=O) groups is 2. The van der Waals surface area contributed by atoms with Crippen molar-refractivity contribution in [3.8, 4) is 0 Å². The van der Waals surface area contributed by atoms with E-state index < -0.39 is 11.3 Å². The quantitative estimate of drug-likeness (QED) is 0.745. The van der Waals surface area contributed by atoms with Gasteiger partial charge >= 0.3 is 0 Å². The molecule has 1 saturated carbocycles. The summed E-state index contributed by atoms with van der Waals surface area (Å²) in [5.74, 6) is -0.712. The van der Waals surface area contributed by atoms with Gasteiger partial charge in [0.15, 0.2) is 0 Å². The standard InChI is InChI=1S/C22H26ClN3O3S/c23-19-9-8-16(30-19)12-24-21(28)17-13-26(15-6-2-3-7-15)14-18(20(17)27)22(29)25-10-4-1-5-11-25/h8-9,13-15H,1-7,10-12H2,(H,24,28). The molecule has 8 heteroatoms. The molecule has 2 amide bonds. The number of nitrogens with zero attached hydrogens (tertiary/aromatic N) is 2. The highest BCUT2D eigenvalue weighted by Crippen LogP contribution is 2.29. The predicted molar refractivity (Wildman–Crippen MR) is 118 cm³/mol. The van der Waals surface area contributed by atoms with Gasteiger partial charge in [0.05, 0.1) is 10.9 Å². The topological polar surface area (TPSA) is 71.4 Å². The van der Waals surface area contributed by atoms with Crippen molar-refractivity contribution in [2.24, 2.45) is 0 Å². The van der Waals surface area contributed by atoms with E-state index >= 15 is 0 Å². The summed E-state index contributed by atoms with van der Waals surface area (Å²) in [7, 11) is 0. The Balaban J connectivity index is 1.63. The fourth-order valence-electron chi connectivity index (χ4n) is 4.30. The van der Waals surface area contributed by atoms with E-state index in [1.807, 2.05) is 10.6 Å². The number of nitrogens with one attached hydrogen (secondary N) is 1. The molecule has 0 aromatic carbocycles. The molecule has 2 aromatic heterocycles. The first-order valence-corrected chi connectivity index (χ1v) is 11.8. The molecule has 0 spiro atoms. The number of hydrogen-bond donors (Lipinski definition) is 1. The first kappa shape index (κ1) is 21.1. The van der Waals surface area contributed by atoms with Crippen LogP contribution in [0.25, 0.3) is 0 Å². The molecular formula is C22H26ClN3O3S. The number of carbonyl (C=O) groups excluding carboxylic acids is 2. The number of aromatic nitrogens is 1. The van der Waals surface area contributed by atoms with E-state index in [0.717, 1.165) is 49.8 Å². The monoisotopic (exact) mass is 447 g/mol. The third kappa shape index (κ3) is 4.62. The Morgan fingerprint density at radius 2 is 1.73 bits per heavy atom. The molecule has 4 rings (SSSR count). The lowest BCUT2D eigenvalue weighted by Crippen LogP contribution is -2.40. The van der Waals surface area contributed by atoms with E-state index in [0.29, 0.717) is 24.0 Å². The van der Waals surface area contributed by atoms with Crippen molar-refractivity contribution in [2.75, 3.05) is 13.1 Å². The van der Waals surface area contributed by atoms with Gasteiger partial charge in [-0.3, -0.25) is 14.4 Å². The van der Waals surface area contributed by atoms with Gasteiger partial charge in [0, 0.05) is 36.4 Å². The molecular weight excluding hydrogens is 422 g/mol. The second kappa shape index (κ2) is 9.35. The molecule has 2 aliphatic rings. The van der Waals surface area contributed by atoms with Crippen molar-refractivity contribution in [2.45, 2.75) is 57.5 Å². The van der Waals surface area contributed by atoms with Crippen LogP contribution < -0.4 is 10.7 Å². The summed E-state index contributed by atoms with van der Waals surface area (Å²) in [6.07, 6.45) is 10.5. The lowest BCUT2D eigenvalue weighted by Gasteiger charge is -2.27. The maximum absolute atomic E-state index is 13.1. The molecule has 3 heterocycles. The van der Waals surface area contributed by atoms with Crippen molar-refractivity contribution in [1.29, 1.82) is 0 Å². The highest BCUT2D eigenvalue weighted by Gasteiger charge is 2.26. The Hall–Kier alpha value is -2.12. The largest absolute Gasteiger partial charge is 0.349 e. The Morgan fingerprint density at radius 3 is 2.40 bits per heavy atom. The van der Waals surface area contributed by atoms with Crippen LogP contribution in [0, 0.1) is 0 Å². The summed E-state index contributed by atoms with van der Waals surface area (Å²) in [5.41, 5.74) is -0.343. The van der Waals surface area contributed by atoms with Crippen LogP contribution >= 0.6 is 22.9 Å². The summed E-state index contributed by atoms with van der Waals surface area (Å²) >= 11 is 7.34. The zero-order valence-corrected chi connectivity index (χ0v) is 18.4. The second-order valence-electron chi connectivity index (χ2n) is 8.04. The maximum Gasteiger partial charge on any atom is 0.259 e. The number of thiophene rings is 1. The summed E-state index contributed by atoms with van der Waals surface area (Å²) in [6.45, 7) is 1.62. The molecule has 30 heavy (non-hydrogen) atoms. The average molecular weight is 448 g/mol. The Labute approximate surface area is 184 Å². The fourth-order valence-corrected chi connectivity index (χ4v) is 5.33. The van der Waals surface area contributed by atoms with Crippen molar-refractivity contribution < 1.29 is 9.59 Å². The molecule has 2 fully saturated rings. The van der Waals surface area contributed by atoms with Crippen molar-refractivity contribution >= 4 is 34.8 Å².